The molecule has 10 nitrogen and oxygen atoms in total. The maximum absolute atomic E-state index is 12.8. The fourth-order valence-electron chi connectivity index (χ4n) is 4.31. The molecule has 0 unspecified atom stereocenters. The highest BCUT2D eigenvalue weighted by Crippen LogP contribution is 2.44. The first-order valence-corrected chi connectivity index (χ1v) is 10.9. The van der Waals surface area contributed by atoms with Crippen LogP contribution in [0.2, 0.25) is 0 Å². The summed E-state index contributed by atoms with van der Waals surface area (Å²) in [4.78, 5) is 57.6. The number of benzene rings is 2. The highest BCUT2D eigenvalue weighted by Gasteiger charge is 2.34. The van der Waals surface area contributed by atoms with Gasteiger partial charge in [-0.25, -0.2) is 20.4 Å². The second kappa shape index (κ2) is 8.99. The van der Waals surface area contributed by atoms with Gasteiger partial charge >= 0.3 is 11.9 Å². The number of hydrogen-bond acceptors (Lipinski definition) is 9. The molecule has 1 fully saturated rings. The van der Waals surface area contributed by atoms with Crippen LogP contribution in [0.3, 0.4) is 0 Å². The van der Waals surface area contributed by atoms with Crippen molar-refractivity contribution in [3.8, 4) is 11.1 Å². The summed E-state index contributed by atoms with van der Waals surface area (Å²) in [6.07, 6.45) is -0.0693. The molecule has 1 aliphatic heterocycles. The monoisotopic (exact) mass is 472 g/mol. The van der Waals surface area contributed by atoms with Crippen molar-refractivity contribution in [2.45, 2.75) is 18.8 Å². The molecule has 0 saturated carbocycles. The Hall–Kier alpha value is -4.57. The summed E-state index contributed by atoms with van der Waals surface area (Å²) < 4.78 is 5.58. The second-order valence-electron chi connectivity index (χ2n) is 8.02. The number of fused-ring (bicyclic) bond motifs is 3. The van der Waals surface area contributed by atoms with Crippen molar-refractivity contribution in [2.24, 2.45) is 5.84 Å². The Bertz CT molecular complexity index is 1310. The molecule has 0 radical (unpaired) electrons. The number of aromatic nitrogens is 1. The number of esters is 1. The molecular weight excluding hydrogens is 452 g/mol. The normalized spacial score (nSPS) is 14.5. The molecule has 2 aliphatic rings. The van der Waals surface area contributed by atoms with E-state index in [0.29, 0.717) is 5.06 Å². The first kappa shape index (κ1) is 22.2. The largest absolute Gasteiger partial charge is 0.460 e. The molecule has 5 rings (SSSR count). The molecular formula is C25H20N4O6. The van der Waals surface area contributed by atoms with E-state index >= 15 is 0 Å². The lowest BCUT2D eigenvalue weighted by Gasteiger charge is -2.15. The second-order valence-corrected chi connectivity index (χ2v) is 8.02. The Balaban J connectivity index is 1.31. The lowest BCUT2D eigenvalue weighted by atomic mass is 9.98. The predicted molar refractivity (Wildman–Crippen MR) is 123 cm³/mol. The zero-order chi connectivity index (χ0) is 24.5. The van der Waals surface area contributed by atoms with Gasteiger partial charge in [0.05, 0.1) is 0 Å². The number of hydrazine groups is 1. The van der Waals surface area contributed by atoms with E-state index in [4.69, 9.17) is 15.4 Å². The van der Waals surface area contributed by atoms with Crippen molar-refractivity contribution in [1.82, 2.24) is 10.0 Å². The van der Waals surface area contributed by atoms with E-state index < -0.39 is 23.8 Å². The van der Waals surface area contributed by atoms with Crippen molar-refractivity contribution < 1.29 is 28.8 Å². The van der Waals surface area contributed by atoms with Crippen LogP contribution in [0.1, 0.15) is 50.7 Å². The van der Waals surface area contributed by atoms with Crippen molar-refractivity contribution in [1.29, 1.82) is 0 Å². The molecule has 35 heavy (non-hydrogen) atoms. The van der Waals surface area contributed by atoms with Gasteiger partial charge in [0.1, 0.15) is 12.2 Å². The Kier molecular flexibility index (Phi) is 5.71. The van der Waals surface area contributed by atoms with Crippen LogP contribution in [0.4, 0.5) is 5.82 Å². The zero-order valence-corrected chi connectivity index (χ0v) is 18.4. The number of nitrogens with two attached hydrogens (primary N) is 1. The maximum Gasteiger partial charge on any atom is 0.367 e. The quantitative estimate of drug-likeness (QED) is 0.240. The molecule has 1 aliphatic carbocycles. The molecule has 2 amide bonds. The van der Waals surface area contributed by atoms with Gasteiger partial charge in [-0.2, -0.15) is 0 Å². The van der Waals surface area contributed by atoms with Gasteiger partial charge in [-0.05, 0) is 34.4 Å². The van der Waals surface area contributed by atoms with Gasteiger partial charge in [-0.3, -0.25) is 9.59 Å². The van der Waals surface area contributed by atoms with Crippen molar-refractivity contribution in [3.05, 3.63) is 83.0 Å². The average Bonchev–Trinajstić information content (AvgIpc) is 3.38. The van der Waals surface area contributed by atoms with Crippen molar-refractivity contribution >= 4 is 29.6 Å². The summed E-state index contributed by atoms with van der Waals surface area (Å²) in [5.74, 6) is 2.24. The molecule has 3 aromatic rings. The number of carbonyl (C=O) groups excluding carboxylic acids is 4. The number of ether oxygens (including phenoxy) is 1. The number of hydrogen-bond donors (Lipinski definition) is 2. The lowest BCUT2D eigenvalue weighted by Crippen LogP contribution is -2.32. The van der Waals surface area contributed by atoms with Crippen LogP contribution in [0.5, 0.6) is 0 Å². The first-order valence-electron chi connectivity index (χ1n) is 10.9. The SMILES string of the molecule is NNc1nc(C(=O)OCC2c3ccccc3-c3ccccc32)ccc1C(=O)ON1C(=O)CCC1=O. The van der Waals surface area contributed by atoms with E-state index in [-0.39, 0.29) is 42.4 Å². The Morgan fingerprint density at radius 3 is 2.11 bits per heavy atom. The van der Waals surface area contributed by atoms with E-state index in [1.165, 1.54) is 12.1 Å². The maximum atomic E-state index is 12.8. The number of nitrogen functional groups attached to an aromatic ring is 1. The topological polar surface area (TPSA) is 141 Å². The third-order valence-corrected chi connectivity index (χ3v) is 5.98. The minimum Gasteiger partial charge on any atom is -0.460 e. The molecule has 2 heterocycles. The third kappa shape index (κ3) is 4.00. The summed E-state index contributed by atoms with van der Waals surface area (Å²) in [5, 5.41) is 0.419. The molecule has 0 spiro atoms. The van der Waals surface area contributed by atoms with Gasteiger partial charge in [0.2, 0.25) is 0 Å². The van der Waals surface area contributed by atoms with E-state index in [1.54, 1.807) is 0 Å². The van der Waals surface area contributed by atoms with Gasteiger partial charge in [0, 0.05) is 18.8 Å². The predicted octanol–water partition coefficient (Wildman–Crippen LogP) is 2.56. The standard InChI is InChI=1S/C25H20N4O6/c26-28-23-18(24(32)35-29-21(30)11-12-22(29)31)9-10-20(27-23)25(33)34-13-19-16-7-3-1-5-14(16)15-6-2-4-8-17(15)19/h1-10,19H,11-13,26H2,(H,27,28). The summed E-state index contributed by atoms with van der Waals surface area (Å²) in [6.45, 7) is 0.100. The molecule has 0 bridgehead atoms. The Labute approximate surface area is 199 Å². The minimum absolute atomic E-state index is 0.0346. The van der Waals surface area contributed by atoms with E-state index in [2.05, 4.69) is 10.4 Å². The number of imide groups is 1. The number of hydroxylamine groups is 2. The smallest absolute Gasteiger partial charge is 0.367 e. The molecule has 0 atom stereocenters. The third-order valence-electron chi connectivity index (χ3n) is 5.98. The molecule has 1 saturated heterocycles. The van der Waals surface area contributed by atoms with Gasteiger partial charge in [-0.15, -0.1) is 5.06 Å². The van der Waals surface area contributed by atoms with Crippen LogP contribution in [-0.4, -0.2) is 40.4 Å². The fourth-order valence-corrected chi connectivity index (χ4v) is 4.31. The van der Waals surface area contributed by atoms with Crippen LogP contribution in [0.25, 0.3) is 11.1 Å². The highest BCUT2D eigenvalue weighted by atomic mass is 16.7. The van der Waals surface area contributed by atoms with Crippen LogP contribution in [-0.2, 0) is 19.2 Å². The van der Waals surface area contributed by atoms with Gasteiger partial charge in [0.15, 0.2) is 11.5 Å². The molecule has 2 aromatic carbocycles. The van der Waals surface area contributed by atoms with Gasteiger partial charge in [0.25, 0.3) is 11.8 Å². The number of nitrogens with one attached hydrogen (secondary N) is 1. The summed E-state index contributed by atoms with van der Waals surface area (Å²) in [5.41, 5.74) is 6.35. The summed E-state index contributed by atoms with van der Waals surface area (Å²) >= 11 is 0. The molecule has 3 N–H and O–H groups in total. The van der Waals surface area contributed by atoms with Gasteiger partial charge in [-0.1, -0.05) is 48.5 Å². The number of nitrogens with zero attached hydrogens (tertiary/aromatic N) is 2. The van der Waals surface area contributed by atoms with Crippen LogP contribution in [0, 0.1) is 0 Å². The van der Waals surface area contributed by atoms with Gasteiger partial charge < -0.3 is 15.0 Å². The van der Waals surface area contributed by atoms with Crippen molar-refractivity contribution in [3.63, 3.8) is 0 Å². The molecule has 176 valence electrons. The Morgan fingerprint density at radius 2 is 1.51 bits per heavy atom. The lowest BCUT2D eigenvalue weighted by molar-refractivity contribution is -0.172. The van der Waals surface area contributed by atoms with Crippen LogP contribution < -0.4 is 11.3 Å². The number of anilines is 1. The van der Waals surface area contributed by atoms with E-state index in [1.807, 2.05) is 48.5 Å². The number of carbonyl (C=O) groups is 4. The van der Waals surface area contributed by atoms with E-state index in [9.17, 15) is 19.2 Å². The summed E-state index contributed by atoms with van der Waals surface area (Å²) in [7, 11) is 0. The zero-order valence-electron chi connectivity index (χ0n) is 18.4. The molecule has 1 aromatic heterocycles. The van der Waals surface area contributed by atoms with Crippen LogP contribution >= 0.6 is 0 Å². The number of amides is 2. The average molecular weight is 472 g/mol. The number of pyridine rings is 1. The Morgan fingerprint density at radius 1 is 0.914 bits per heavy atom. The van der Waals surface area contributed by atoms with Crippen molar-refractivity contribution in [2.75, 3.05) is 12.0 Å². The molecule has 10 heteroatoms. The fraction of sp³-hybridized carbons (Fsp3) is 0.160. The number of rotatable bonds is 6. The summed E-state index contributed by atoms with van der Waals surface area (Å²) in [6, 6.07) is 18.5. The van der Waals surface area contributed by atoms with E-state index in [0.717, 1.165) is 22.3 Å². The minimum atomic E-state index is -1.02. The first-order chi connectivity index (χ1) is 17.0. The van der Waals surface area contributed by atoms with Crippen LogP contribution in [0.15, 0.2) is 60.7 Å². The highest BCUT2D eigenvalue weighted by molar-refractivity contribution is 6.03.